The van der Waals surface area contributed by atoms with Crippen LogP contribution in [-0.2, 0) is 9.59 Å². The van der Waals surface area contributed by atoms with Gasteiger partial charge in [0.1, 0.15) is 0 Å². The molecule has 1 heterocycles. The maximum atomic E-state index is 12.2. The fourth-order valence-corrected chi connectivity index (χ4v) is 3.06. The average Bonchev–Trinajstić information content (AvgIpc) is 2.96. The molecule has 0 saturated carbocycles. The lowest BCUT2D eigenvalue weighted by atomic mass is 10.1. The minimum Gasteiger partial charge on any atom is -0.355 e. The second-order valence-electron chi connectivity index (χ2n) is 6.45. The molecule has 1 aromatic rings. The van der Waals surface area contributed by atoms with Crippen LogP contribution in [-0.4, -0.2) is 24.9 Å². The summed E-state index contributed by atoms with van der Waals surface area (Å²) in [6, 6.07) is 9.67. The number of carbonyl (C=O) groups is 2. The van der Waals surface area contributed by atoms with Crippen LogP contribution in [0.15, 0.2) is 78.1 Å². The lowest BCUT2D eigenvalue weighted by Crippen LogP contribution is -2.34. The number of rotatable bonds is 6. The van der Waals surface area contributed by atoms with Gasteiger partial charge in [-0.15, -0.1) is 0 Å². The van der Waals surface area contributed by atoms with Crippen molar-refractivity contribution >= 4 is 17.5 Å². The van der Waals surface area contributed by atoms with Gasteiger partial charge in [0, 0.05) is 19.5 Å². The summed E-state index contributed by atoms with van der Waals surface area (Å²) in [7, 11) is 0. The van der Waals surface area contributed by atoms with E-state index in [1.807, 2.05) is 60.7 Å². The maximum absolute atomic E-state index is 12.2. The van der Waals surface area contributed by atoms with Gasteiger partial charge in [-0.2, -0.15) is 0 Å². The minimum absolute atomic E-state index is 0.0780. The summed E-state index contributed by atoms with van der Waals surface area (Å²) in [6.45, 7) is 0.735. The molecule has 6 heteroatoms. The molecule has 0 aromatic heterocycles. The van der Waals surface area contributed by atoms with Gasteiger partial charge < -0.3 is 10.6 Å². The van der Waals surface area contributed by atoms with Gasteiger partial charge in [-0.3, -0.25) is 14.6 Å². The smallest absolute Gasteiger partial charge is 0.225 e. The molecule has 1 aliphatic carbocycles. The normalized spacial score (nSPS) is 19.3. The molecule has 0 radical (unpaired) electrons. The van der Waals surface area contributed by atoms with Crippen LogP contribution in [0.5, 0.6) is 0 Å². The van der Waals surface area contributed by atoms with Crippen LogP contribution in [0.3, 0.4) is 0 Å². The highest BCUT2D eigenvalue weighted by molar-refractivity contribution is 5.89. The number of nitrogens with two attached hydrogens (primary N) is 1. The van der Waals surface area contributed by atoms with E-state index in [1.165, 1.54) is 0 Å². The number of benzene rings is 1. The van der Waals surface area contributed by atoms with Gasteiger partial charge in [-0.05, 0) is 30.2 Å². The molecule has 2 aliphatic rings. The summed E-state index contributed by atoms with van der Waals surface area (Å²) in [4.78, 5) is 23.5. The molecule has 1 unspecified atom stereocenters. The second kappa shape index (κ2) is 9.00. The topological polar surface area (TPSA) is 87.5 Å². The number of hydrogen-bond donors (Lipinski definition) is 3. The van der Waals surface area contributed by atoms with Crippen LogP contribution in [0.1, 0.15) is 12.8 Å². The van der Waals surface area contributed by atoms with Gasteiger partial charge in [-0.1, -0.05) is 48.6 Å². The largest absolute Gasteiger partial charge is 0.355 e. The average molecular weight is 364 g/mol. The Morgan fingerprint density at radius 1 is 1.26 bits per heavy atom. The molecule has 1 aromatic carbocycles. The first-order valence-electron chi connectivity index (χ1n) is 9.02. The van der Waals surface area contributed by atoms with E-state index in [1.54, 1.807) is 5.01 Å². The van der Waals surface area contributed by atoms with Crippen LogP contribution in [0.4, 0.5) is 5.69 Å². The highest BCUT2D eigenvalue weighted by atomic mass is 16.2. The van der Waals surface area contributed by atoms with E-state index < -0.39 is 0 Å². The first-order valence-corrected chi connectivity index (χ1v) is 9.02. The van der Waals surface area contributed by atoms with Crippen LogP contribution in [0.25, 0.3) is 0 Å². The highest BCUT2D eigenvalue weighted by Gasteiger charge is 2.27. The molecule has 3 rings (SSSR count). The zero-order valence-corrected chi connectivity index (χ0v) is 15.1. The van der Waals surface area contributed by atoms with Crippen molar-refractivity contribution in [3.8, 4) is 0 Å². The van der Waals surface area contributed by atoms with Gasteiger partial charge in [0.15, 0.2) is 0 Å². The predicted molar refractivity (Wildman–Crippen MR) is 106 cm³/mol. The van der Waals surface area contributed by atoms with Crippen LogP contribution < -0.4 is 21.5 Å². The zero-order valence-electron chi connectivity index (χ0n) is 15.1. The second-order valence-corrected chi connectivity index (χ2v) is 6.45. The fourth-order valence-electron chi connectivity index (χ4n) is 3.06. The summed E-state index contributed by atoms with van der Waals surface area (Å²) in [5.74, 6) is 5.88. The molecule has 1 fully saturated rings. The van der Waals surface area contributed by atoms with E-state index in [9.17, 15) is 9.59 Å². The number of carbonyl (C=O) groups excluding carboxylic acids is 2. The Hall–Kier alpha value is -3.12. The number of para-hydroxylation sites is 1. The molecule has 1 aliphatic heterocycles. The molecule has 2 amide bonds. The number of hydrazine groups is 1. The molecule has 0 bridgehead atoms. The summed E-state index contributed by atoms with van der Waals surface area (Å²) >= 11 is 0. The quantitative estimate of drug-likeness (QED) is 0.532. The number of anilines is 1. The number of allylic oxidation sites excluding steroid dienone is 6. The predicted octanol–water partition coefficient (Wildman–Crippen LogP) is 1.95. The van der Waals surface area contributed by atoms with Gasteiger partial charge in [0.2, 0.25) is 11.8 Å². The zero-order chi connectivity index (χ0) is 19.1. The molecular formula is C21H24N4O2. The monoisotopic (exact) mass is 364 g/mol. The maximum Gasteiger partial charge on any atom is 0.225 e. The summed E-state index contributed by atoms with van der Waals surface area (Å²) in [5, 5.41) is 7.19. The van der Waals surface area contributed by atoms with Crippen LogP contribution in [0.2, 0.25) is 0 Å². The number of nitrogens with one attached hydrogen (secondary N) is 2. The molecule has 4 N–H and O–H groups in total. The standard InChI is InChI=1S/C21H24N4O2/c22-25(18-10-6-3-7-11-18)19(16-8-4-1-2-5-9-16)12-13-23-21(27)17-14-20(26)24-15-17/h1-8,10-12,17H,9,13-15,22H2,(H,23,27)(H,24,26)/b19-12-. The van der Waals surface area contributed by atoms with Crippen molar-refractivity contribution in [1.82, 2.24) is 10.6 Å². The highest BCUT2D eigenvalue weighted by Crippen LogP contribution is 2.24. The van der Waals surface area contributed by atoms with Crippen LogP contribution in [0, 0.1) is 5.92 Å². The third-order valence-corrected chi connectivity index (χ3v) is 4.54. The van der Waals surface area contributed by atoms with Gasteiger partial charge in [0.25, 0.3) is 0 Å². The third-order valence-electron chi connectivity index (χ3n) is 4.54. The number of hydrogen-bond acceptors (Lipinski definition) is 4. The first-order chi connectivity index (χ1) is 13.1. The Kier molecular flexibility index (Phi) is 6.22. The lowest BCUT2D eigenvalue weighted by molar-refractivity contribution is -0.126. The van der Waals surface area contributed by atoms with E-state index >= 15 is 0 Å². The molecule has 0 spiro atoms. The van der Waals surface area contributed by atoms with E-state index in [0.717, 1.165) is 23.4 Å². The molecule has 140 valence electrons. The fraction of sp³-hybridized carbons (Fsp3) is 0.238. The van der Waals surface area contributed by atoms with Crippen molar-refractivity contribution in [3.05, 3.63) is 78.1 Å². The van der Waals surface area contributed by atoms with Crippen LogP contribution >= 0.6 is 0 Å². The Morgan fingerprint density at radius 3 is 2.81 bits per heavy atom. The molecular weight excluding hydrogens is 340 g/mol. The summed E-state index contributed by atoms with van der Waals surface area (Å²) in [5.41, 5.74) is 2.75. The first kappa shape index (κ1) is 18.7. The van der Waals surface area contributed by atoms with Crippen molar-refractivity contribution < 1.29 is 9.59 Å². The summed E-state index contributed by atoms with van der Waals surface area (Å²) in [6.07, 6.45) is 12.9. The molecule has 6 nitrogen and oxygen atoms in total. The Bertz CT molecular complexity index is 809. The SMILES string of the molecule is NN(/C(=C\CNC(=O)C1CNC(=O)C1)C1=CC=CC=CC1)c1ccccc1. The third kappa shape index (κ3) is 4.95. The Morgan fingerprint density at radius 2 is 2.07 bits per heavy atom. The van der Waals surface area contributed by atoms with E-state index in [0.29, 0.717) is 13.1 Å². The van der Waals surface area contributed by atoms with Crippen molar-refractivity contribution in [2.24, 2.45) is 11.8 Å². The number of amides is 2. The summed E-state index contributed by atoms with van der Waals surface area (Å²) < 4.78 is 0. The van der Waals surface area contributed by atoms with E-state index in [4.69, 9.17) is 5.84 Å². The van der Waals surface area contributed by atoms with Crippen molar-refractivity contribution in [2.75, 3.05) is 18.1 Å². The Balaban J connectivity index is 1.74. The van der Waals surface area contributed by atoms with Crippen molar-refractivity contribution in [1.29, 1.82) is 0 Å². The van der Waals surface area contributed by atoms with Gasteiger partial charge >= 0.3 is 0 Å². The van der Waals surface area contributed by atoms with Crippen molar-refractivity contribution in [2.45, 2.75) is 12.8 Å². The molecule has 27 heavy (non-hydrogen) atoms. The lowest BCUT2D eigenvalue weighted by Gasteiger charge is -2.24. The minimum atomic E-state index is -0.305. The van der Waals surface area contributed by atoms with Gasteiger partial charge in [-0.25, -0.2) is 5.84 Å². The molecule has 1 atom stereocenters. The Labute approximate surface area is 159 Å². The van der Waals surface area contributed by atoms with Gasteiger partial charge in [0.05, 0.1) is 17.3 Å². The number of nitrogens with zero attached hydrogens (tertiary/aromatic N) is 1. The van der Waals surface area contributed by atoms with Crippen molar-refractivity contribution in [3.63, 3.8) is 0 Å². The van der Waals surface area contributed by atoms with E-state index in [-0.39, 0.29) is 24.2 Å². The van der Waals surface area contributed by atoms with E-state index in [2.05, 4.69) is 16.7 Å². The molecule has 1 saturated heterocycles.